The Hall–Kier alpha value is -2.24. The third-order valence-electron chi connectivity index (χ3n) is 4.93. The first-order valence-corrected chi connectivity index (χ1v) is 8.03. The molecule has 0 radical (unpaired) electrons. The average molecular weight is 316 g/mol. The number of carbonyl (C=O) groups excluding carboxylic acids is 2. The van der Waals surface area contributed by atoms with Gasteiger partial charge in [-0.25, -0.2) is 4.39 Å². The van der Waals surface area contributed by atoms with Crippen molar-refractivity contribution in [2.45, 2.75) is 44.2 Å². The number of nitrogens with zero attached hydrogens (tertiary/aromatic N) is 2. The number of halogens is 1. The van der Waals surface area contributed by atoms with E-state index in [1.54, 1.807) is 12.1 Å². The van der Waals surface area contributed by atoms with Crippen LogP contribution in [0.5, 0.6) is 0 Å². The van der Waals surface area contributed by atoms with Gasteiger partial charge in [-0.05, 0) is 25.0 Å². The molecule has 2 aliphatic heterocycles. The van der Waals surface area contributed by atoms with E-state index >= 15 is 0 Å². The molecule has 1 saturated heterocycles. The first-order valence-electron chi connectivity index (χ1n) is 8.03. The zero-order valence-electron chi connectivity index (χ0n) is 12.6. The fraction of sp³-hybridized carbons (Fsp3) is 0.471. The normalized spacial score (nSPS) is 27.9. The van der Waals surface area contributed by atoms with E-state index in [1.165, 1.54) is 17.0 Å². The molecule has 0 spiro atoms. The van der Waals surface area contributed by atoms with Gasteiger partial charge in [0.25, 0.3) is 5.91 Å². The van der Waals surface area contributed by atoms with Crippen LogP contribution in [0.25, 0.3) is 0 Å². The van der Waals surface area contributed by atoms with Gasteiger partial charge in [-0.15, -0.1) is 0 Å². The number of amides is 2. The fourth-order valence-electron chi connectivity index (χ4n) is 3.76. The highest BCUT2D eigenvalue weighted by Crippen LogP contribution is 2.36. The maximum absolute atomic E-state index is 13.1. The third kappa shape index (κ3) is 2.24. The van der Waals surface area contributed by atoms with Crippen molar-refractivity contribution in [3.05, 3.63) is 35.6 Å². The molecule has 3 aliphatic rings. The molecule has 0 N–H and O–H groups in total. The van der Waals surface area contributed by atoms with E-state index in [0.29, 0.717) is 11.3 Å². The third-order valence-corrected chi connectivity index (χ3v) is 4.93. The molecule has 1 aromatic carbocycles. The molecule has 0 bridgehead atoms. The number of likely N-dealkylation sites (tertiary alicyclic amines) is 1. The van der Waals surface area contributed by atoms with Gasteiger partial charge in [0, 0.05) is 11.6 Å². The number of benzene rings is 1. The van der Waals surface area contributed by atoms with E-state index in [1.807, 2.05) is 0 Å². The van der Waals surface area contributed by atoms with E-state index in [0.717, 1.165) is 32.1 Å². The largest absolute Gasteiger partial charge is 0.381 e. The number of oxime groups is 1. The van der Waals surface area contributed by atoms with E-state index in [2.05, 4.69) is 5.16 Å². The highest BCUT2D eigenvalue weighted by molar-refractivity contribution is 6.23. The van der Waals surface area contributed by atoms with Crippen molar-refractivity contribution in [3.8, 4) is 0 Å². The first-order chi connectivity index (χ1) is 11.2. The van der Waals surface area contributed by atoms with Crippen LogP contribution in [0.1, 0.15) is 37.7 Å². The molecule has 6 heteroatoms. The summed E-state index contributed by atoms with van der Waals surface area (Å²) in [6.07, 6.45) is 4.09. The van der Waals surface area contributed by atoms with E-state index < -0.39 is 12.0 Å². The average Bonchev–Trinajstić information content (AvgIpc) is 3.10. The van der Waals surface area contributed by atoms with Crippen LogP contribution in [-0.2, 0) is 14.4 Å². The van der Waals surface area contributed by atoms with Crippen LogP contribution in [0, 0.1) is 11.7 Å². The number of carbonyl (C=O) groups is 2. The fourth-order valence-corrected chi connectivity index (χ4v) is 3.76. The molecule has 2 fully saturated rings. The summed E-state index contributed by atoms with van der Waals surface area (Å²) in [7, 11) is 0. The summed E-state index contributed by atoms with van der Waals surface area (Å²) in [4.78, 5) is 32.0. The summed E-state index contributed by atoms with van der Waals surface area (Å²) in [5.41, 5.74) is 1.04. The van der Waals surface area contributed by atoms with Gasteiger partial charge in [0.2, 0.25) is 12.0 Å². The van der Waals surface area contributed by atoms with Crippen LogP contribution >= 0.6 is 0 Å². The monoisotopic (exact) mass is 316 g/mol. The smallest absolute Gasteiger partial charge is 0.274 e. The lowest BCUT2D eigenvalue weighted by atomic mass is 9.93. The highest BCUT2D eigenvalue weighted by atomic mass is 19.1. The molecular formula is C17H17FN2O3. The second-order valence-corrected chi connectivity index (χ2v) is 6.33. The van der Waals surface area contributed by atoms with Gasteiger partial charge in [0.15, 0.2) is 0 Å². The van der Waals surface area contributed by atoms with Crippen LogP contribution in [0.15, 0.2) is 29.4 Å². The minimum absolute atomic E-state index is 0.0209. The zero-order valence-corrected chi connectivity index (χ0v) is 12.6. The first kappa shape index (κ1) is 14.4. The summed E-state index contributed by atoms with van der Waals surface area (Å²) in [5.74, 6) is -1.57. The van der Waals surface area contributed by atoms with Crippen LogP contribution in [0.2, 0.25) is 0 Å². The molecule has 1 aliphatic carbocycles. The van der Waals surface area contributed by atoms with Gasteiger partial charge in [-0.3, -0.25) is 14.5 Å². The maximum Gasteiger partial charge on any atom is 0.274 e. The SMILES string of the molecule is O=C1[C@H]2C(c3ccc(F)cc3)=NO[C@H]2C(=O)N1C1CCCCC1. The summed E-state index contributed by atoms with van der Waals surface area (Å²) < 4.78 is 13.1. The molecule has 4 rings (SSSR count). The van der Waals surface area contributed by atoms with Crippen molar-refractivity contribution in [2.24, 2.45) is 11.1 Å². The minimum atomic E-state index is -0.857. The topological polar surface area (TPSA) is 59.0 Å². The minimum Gasteiger partial charge on any atom is -0.381 e. The number of hydrogen-bond donors (Lipinski definition) is 0. The quantitative estimate of drug-likeness (QED) is 0.786. The second kappa shape index (κ2) is 5.44. The molecule has 2 amide bonds. The molecule has 2 heterocycles. The lowest BCUT2D eigenvalue weighted by Gasteiger charge is -2.29. The van der Waals surface area contributed by atoms with Gasteiger partial charge >= 0.3 is 0 Å². The number of imide groups is 1. The molecule has 1 aromatic rings. The number of fused-ring (bicyclic) bond motifs is 1. The van der Waals surface area contributed by atoms with E-state index in [-0.39, 0.29) is 23.7 Å². The van der Waals surface area contributed by atoms with Crippen molar-refractivity contribution >= 4 is 17.5 Å². The van der Waals surface area contributed by atoms with Crippen LogP contribution in [0.4, 0.5) is 4.39 Å². The lowest BCUT2D eigenvalue weighted by Crippen LogP contribution is -2.43. The predicted octanol–water partition coefficient (Wildman–Crippen LogP) is 2.25. The second-order valence-electron chi connectivity index (χ2n) is 6.33. The number of rotatable bonds is 2. The zero-order chi connectivity index (χ0) is 16.0. The van der Waals surface area contributed by atoms with Crippen molar-refractivity contribution in [3.63, 3.8) is 0 Å². The summed E-state index contributed by atoms with van der Waals surface area (Å²) in [6.45, 7) is 0. The van der Waals surface area contributed by atoms with Crippen molar-refractivity contribution in [1.29, 1.82) is 0 Å². The van der Waals surface area contributed by atoms with Gasteiger partial charge in [0.05, 0.1) is 0 Å². The van der Waals surface area contributed by atoms with E-state index in [4.69, 9.17) is 4.84 Å². The van der Waals surface area contributed by atoms with Gasteiger partial charge in [-0.2, -0.15) is 0 Å². The van der Waals surface area contributed by atoms with Crippen molar-refractivity contribution < 1.29 is 18.8 Å². The Balaban J connectivity index is 1.62. The van der Waals surface area contributed by atoms with Crippen molar-refractivity contribution in [2.75, 3.05) is 0 Å². The van der Waals surface area contributed by atoms with Gasteiger partial charge in [0.1, 0.15) is 17.4 Å². The Morgan fingerprint density at radius 2 is 1.74 bits per heavy atom. The molecule has 0 unspecified atom stereocenters. The molecular weight excluding hydrogens is 299 g/mol. The summed E-state index contributed by atoms with van der Waals surface area (Å²) in [5, 5.41) is 3.93. The Bertz CT molecular complexity index is 680. The van der Waals surface area contributed by atoms with Crippen LogP contribution in [0.3, 0.4) is 0 Å². The Kier molecular flexibility index (Phi) is 3.39. The molecule has 5 nitrogen and oxygen atoms in total. The van der Waals surface area contributed by atoms with Gasteiger partial charge in [-0.1, -0.05) is 36.6 Å². The predicted molar refractivity (Wildman–Crippen MR) is 80.0 cm³/mol. The van der Waals surface area contributed by atoms with Crippen LogP contribution in [-0.4, -0.2) is 34.6 Å². The molecule has 120 valence electrons. The molecule has 23 heavy (non-hydrogen) atoms. The maximum atomic E-state index is 13.1. The Labute approximate surface area is 133 Å². The standard InChI is InChI=1S/C17H17FN2O3/c18-11-8-6-10(7-9-11)14-13-15(23-19-14)17(22)20(16(13)21)12-4-2-1-3-5-12/h6-9,12-13,15H,1-5H2/t13-,15+/m0/s1. The lowest BCUT2D eigenvalue weighted by molar-refractivity contribution is -0.145. The van der Waals surface area contributed by atoms with Gasteiger partial charge < -0.3 is 4.84 Å². The Morgan fingerprint density at radius 1 is 1.04 bits per heavy atom. The Morgan fingerprint density at radius 3 is 2.43 bits per heavy atom. The van der Waals surface area contributed by atoms with Crippen LogP contribution < -0.4 is 0 Å². The molecule has 2 atom stereocenters. The summed E-state index contributed by atoms with van der Waals surface area (Å²) >= 11 is 0. The molecule has 1 saturated carbocycles. The highest BCUT2D eigenvalue weighted by Gasteiger charge is 2.57. The number of hydrogen-bond acceptors (Lipinski definition) is 4. The van der Waals surface area contributed by atoms with Crippen molar-refractivity contribution in [1.82, 2.24) is 4.90 Å². The molecule has 0 aromatic heterocycles. The van der Waals surface area contributed by atoms with E-state index in [9.17, 15) is 14.0 Å². The summed E-state index contributed by atoms with van der Waals surface area (Å²) in [6, 6.07) is 5.71.